The fraction of sp³-hybridized carbons (Fsp3) is 0.562. The number of piperazine rings is 1. The second kappa shape index (κ2) is 8.98. The van der Waals surface area contributed by atoms with E-state index in [0.717, 1.165) is 32.7 Å². The summed E-state index contributed by atoms with van der Waals surface area (Å²) >= 11 is 6.01. The molecule has 1 heterocycles. The molecule has 1 fully saturated rings. The number of halogens is 1. The van der Waals surface area contributed by atoms with Crippen molar-refractivity contribution in [2.75, 3.05) is 51.1 Å². The Morgan fingerprint density at radius 3 is 2.41 bits per heavy atom. The van der Waals surface area contributed by atoms with Crippen LogP contribution >= 0.6 is 11.6 Å². The Balaban J connectivity index is 1.63. The van der Waals surface area contributed by atoms with Gasteiger partial charge >= 0.3 is 6.03 Å². The van der Waals surface area contributed by atoms with E-state index in [-0.39, 0.29) is 6.03 Å². The highest BCUT2D eigenvalue weighted by Crippen LogP contribution is 2.19. The van der Waals surface area contributed by atoms with Crippen molar-refractivity contribution in [3.05, 3.63) is 29.3 Å². The zero-order valence-electron chi connectivity index (χ0n) is 13.1. The molecule has 0 unspecified atom stereocenters. The third-order valence-electron chi connectivity index (χ3n) is 3.84. The normalized spacial score (nSPS) is 16.5. The molecule has 5 nitrogen and oxygen atoms in total. The number of amides is 2. The predicted molar refractivity (Wildman–Crippen MR) is 91.6 cm³/mol. The third-order valence-corrected chi connectivity index (χ3v) is 4.17. The molecule has 0 atom stereocenters. The minimum absolute atomic E-state index is 0.210. The van der Waals surface area contributed by atoms with Gasteiger partial charge in [-0.3, -0.25) is 4.90 Å². The summed E-state index contributed by atoms with van der Waals surface area (Å²) in [5, 5.41) is 6.19. The number of nitrogens with one attached hydrogen (secondary N) is 2. The van der Waals surface area contributed by atoms with Crippen LogP contribution in [-0.4, -0.2) is 61.6 Å². The molecular weight excluding hydrogens is 300 g/mol. The van der Waals surface area contributed by atoms with Crippen molar-refractivity contribution in [2.24, 2.45) is 0 Å². The number of carbonyl (C=O) groups excluding carboxylic acids is 1. The molecule has 6 heteroatoms. The number of urea groups is 1. The maximum absolute atomic E-state index is 11.8. The first-order valence-electron chi connectivity index (χ1n) is 7.93. The molecule has 1 aromatic carbocycles. The van der Waals surface area contributed by atoms with Crippen molar-refractivity contribution in [1.82, 2.24) is 15.1 Å². The Kier molecular flexibility index (Phi) is 6.96. The zero-order chi connectivity index (χ0) is 15.8. The topological polar surface area (TPSA) is 47.6 Å². The molecule has 2 amide bonds. The maximum atomic E-state index is 11.8. The molecular formula is C16H25ClN4O. The lowest BCUT2D eigenvalue weighted by atomic mass is 10.3. The van der Waals surface area contributed by atoms with Crippen LogP contribution in [0.5, 0.6) is 0 Å². The first kappa shape index (κ1) is 17.1. The van der Waals surface area contributed by atoms with Gasteiger partial charge in [0, 0.05) is 39.3 Å². The second-order valence-electron chi connectivity index (χ2n) is 5.54. The summed E-state index contributed by atoms with van der Waals surface area (Å²) in [6, 6.07) is 7.01. The Labute approximate surface area is 137 Å². The SMILES string of the molecule is CCCN1CCN(CCNC(=O)Nc2ccccc2Cl)CC1. The Morgan fingerprint density at radius 1 is 1.14 bits per heavy atom. The van der Waals surface area contributed by atoms with Gasteiger partial charge in [0.05, 0.1) is 10.7 Å². The van der Waals surface area contributed by atoms with Gasteiger partial charge in [0.2, 0.25) is 0 Å². The molecule has 1 aliphatic rings. The smallest absolute Gasteiger partial charge is 0.319 e. The van der Waals surface area contributed by atoms with E-state index in [1.54, 1.807) is 12.1 Å². The highest BCUT2D eigenvalue weighted by Gasteiger charge is 2.15. The number of hydrogen-bond acceptors (Lipinski definition) is 3. The minimum atomic E-state index is -0.210. The van der Waals surface area contributed by atoms with E-state index in [4.69, 9.17) is 11.6 Å². The average molecular weight is 325 g/mol. The molecule has 1 aromatic rings. The molecule has 0 aliphatic carbocycles. The largest absolute Gasteiger partial charge is 0.337 e. The van der Waals surface area contributed by atoms with Gasteiger partial charge in [-0.1, -0.05) is 30.7 Å². The van der Waals surface area contributed by atoms with Crippen molar-refractivity contribution in [2.45, 2.75) is 13.3 Å². The van der Waals surface area contributed by atoms with Crippen LogP contribution in [0.1, 0.15) is 13.3 Å². The van der Waals surface area contributed by atoms with Crippen molar-refractivity contribution >= 4 is 23.3 Å². The summed E-state index contributed by atoms with van der Waals surface area (Å²) < 4.78 is 0. The number of benzene rings is 1. The van der Waals surface area contributed by atoms with Crippen molar-refractivity contribution < 1.29 is 4.79 Å². The van der Waals surface area contributed by atoms with Gasteiger partial charge in [-0.2, -0.15) is 0 Å². The quantitative estimate of drug-likeness (QED) is 0.845. The lowest BCUT2D eigenvalue weighted by Gasteiger charge is -2.34. The molecule has 2 N–H and O–H groups in total. The van der Waals surface area contributed by atoms with Crippen LogP contribution in [0.25, 0.3) is 0 Å². The van der Waals surface area contributed by atoms with Crippen molar-refractivity contribution in [3.8, 4) is 0 Å². The molecule has 2 rings (SSSR count). The monoisotopic (exact) mass is 324 g/mol. The summed E-state index contributed by atoms with van der Waals surface area (Å²) in [5.41, 5.74) is 0.634. The fourth-order valence-corrected chi connectivity index (χ4v) is 2.79. The van der Waals surface area contributed by atoms with E-state index in [1.165, 1.54) is 13.0 Å². The van der Waals surface area contributed by atoms with Crippen molar-refractivity contribution in [3.63, 3.8) is 0 Å². The van der Waals surface area contributed by atoms with Crippen LogP contribution in [-0.2, 0) is 0 Å². The molecule has 0 aromatic heterocycles. The van der Waals surface area contributed by atoms with Crippen LogP contribution < -0.4 is 10.6 Å². The zero-order valence-corrected chi connectivity index (χ0v) is 13.9. The van der Waals surface area contributed by atoms with Gasteiger partial charge in [-0.15, -0.1) is 0 Å². The van der Waals surface area contributed by atoms with Crippen molar-refractivity contribution in [1.29, 1.82) is 0 Å². The molecule has 0 saturated carbocycles. The van der Waals surface area contributed by atoms with E-state index in [0.29, 0.717) is 17.3 Å². The molecule has 22 heavy (non-hydrogen) atoms. The highest BCUT2D eigenvalue weighted by molar-refractivity contribution is 6.33. The van der Waals surface area contributed by atoms with Gasteiger partial charge < -0.3 is 15.5 Å². The van der Waals surface area contributed by atoms with Gasteiger partial charge in [0.1, 0.15) is 0 Å². The fourth-order valence-electron chi connectivity index (χ4n) is 2.61. The lowest BCUT2D eigenvalue weighted by Crippen LogP contribution is -2.48. The number of hydrogen-bond donors (Lipinski definition) is 2. The highest BCUT2D eigenvalue weighted by atomic mass is 35.5. The standard InChI is InChI=1S/C16H25ClN4O/c1-2-8-20-10-12-21(13-11-20)9-7-18-16(22)19-15-6-4-3-5-14(15)17/h3-6H,2,7-13H2,1H3,(H2,18,19,22). The minimum Gasteiger partial charge on any atom is -0.337 e. The number of rotatable bonds is 6. The summed E-state index contributed by atoms with van der Waals surface area (Å²) in [6.45, 7) is 9.33. The summed E-state index contributed by atoms with van der Waals surface area (Å²) in [5.74, 6) is 0. The Morgan fingerprint density at radius 2 is 1.77 bits per heavy atom. The van der Waals surface area contributed by atoms with Gasteiger partial charge in [-0.25, -0.2) is 4.79 Å². The molecule has 1 saturated heterocycles. The van der Waals surface area contributed by atoms with Crippen LogP contribution in [0, 0.1) is 0 Å². The molecule has 0 spiro atoms. The molecule has 0 bridgehead atoms. The number of nitrogens with zero attached hydrogens (tertiary/aromatic N) is 2. The van der Waals surface area contributed by atoms with E-state index in [2.05, 4.69) is 27.4 Å². The van der Waals surface area contributed by atoms with E-state index in [1.807, 2.05) is 12.1 Å². The van der Waals surface area contributed by atoms with Gasteiger partial charge in [0.25, 0.3) is 0 Å². The van der Waals surface area contributed by atoms with Crippen LogP contribution in [0.2, 0.25) is 5.02 Å². The van der Waals surface area contributed by atoms with E-state index < -0.39 is 0 Å². The third kappa shape index (κ3) is 5.48. The Hall–Kier alpha value is -1.30. The van der Waals surface area contributed by atoms with E-state index >= 15 is 0 Å². The number of carbonyl (C=O) groups is 1. The van der Waals surface area contributed by atoms with Gasteiger partial charge in [0.15, 0.2) is 0 Å². The lowest BCUT2D eigenvalue weighted by molar-refractivity contribution is 0.133. The Bertz CT molecular complexity index is 475. The predicted octanol–water partition coefficient (Wildman–Crippen LogP) is 2.49. The van der Waals surface area contributed by atoms with Gasteiger partial charge in [-0.05, 0) is 25.1 Å². The summed E-state index contributed by atoms with van der Waals surface area (Å²) in [4.78, 5) is 16.7. The van der Waals surface area contributed by atoms with E-state index in [9.17, 15) is 4.79 Å². The van der Waals surface area contributed by atoms with Crippen LogP contribution in [0.3, 0.4) is 0 Å². The molecule has 122 valence electrons. The number of para-hydroxylation sites is 1. The average Bonchev–Trinajstić information content (AvgIpc) is 2.52. The number of anilines is 1. The first-order chi connectivity index (χ1) is 10.7. The van der Waals surface area contributed by atoms with Crippen LogP contribution in [0.15, 0.2) is 24.3 Å². The van der Waals surface area contributed by atoms with Crippen LogP contribution in [0.4, 0.5) is 10.5 Å². The summed E-state index contributed by atoms with van der Waals surface area (Å²) in [7, 11) is 0. The summed E-state index contributed by atoms with van der Waals surface area (Å²) in [6.07, 6.45) is 1.21. The maximum Gasteiger partial charge on any atom is 0.319 e. The molecule has 1 aliphatic heterocycles. The first-order valence-corrected chi connectivity index (χ1v) is 8.31. The molecule has 0 radical (unpaired) electrons. The second-order valence-corrected chi connectivity index (χ2v) is 5.95.